The summed E-state index contributed by atoms with van der Waals surface area (Å²) in [6.45, 7) is 0. The van der Waals surface area contributed by atoms with Crippen molar-refractivity contribution in [2.45, 2.75) is 0 Å². The third-order valence-corrected chi connectivity index (χ3v) is 3.95. The minimum Gasteiger partial charge on any atom is -0.497 e. The molecule has 0 saturated heterocycles. The molecule has 1 amide bonds. The lowest BCUT2D eigenvalue weighted by Crippen LogP contribution is -2.12. The summed E-state index contributed by atoms with van der Waals surface area (Å²) in [7, 11) is 1.61. The summed E-state index contributed by atoms with van der Waals surface area (Å²) in [6.07, 6.45) is 1.60. The number of nitrogens with one attached hydrogen (secondary N) is 1. The van der Waals surface area contributed by atoms with Gasteiger partial charge in [0.2, 0.25) is 0 Å². The molecule has 2 aromatic heterocycles. The molecule has 6 heteroatoms. The number of fused-ring (bicyclic) bond motifs is 1. The van der Waals surface area contributed by atoms with Crippen LogP contribution in [0.25, 0.3) is 22.2 Å². The summed E-state index contributed by atoms with van der Waals surface area (Å²) in [5, 5.41) is 7.54. The monoisotopic (exact) mass is 345 g/mol. The lowest BCUT2D eigenvalue weighted by Gasteiger charge is -2.05. The second-order valence-electron chi connectivity index (χ2n) is 5.68. The number of carbonyl (C=O) groups is 1. The Kier molecular flexibility index (Phi) is 4.07. The molecule has 0 fully saturated rings. The summed E-state index contributed by atoms with van der Waals surface area (Å²) in [4.78, 5) is 16.8. The maximum absolute atomic E-state index is 12.4. The minimum absolute atomic E-state index is 0.207. The van der Waals surface area contributed by atoms with Gasteiger partial charge in [0, 0.05) is 23.1 Å². The zero-order valence-corrected chi connectivity index (χ0v) is 14.0. The van der Waals surface area contributed by atoms with Crippen molar-refractivity contribution in [2.75, 3.05) is 12.4 Å². The number of carbonyl (C=O) groups excluding carboxylic acids is 1. The molecule has 0 spiro atoms. The molecule has 6 nitrogen and oxygen atoms in total. The highest BCUT2D eigenvalue weighted by atomic mass is 16.5. The number of hydrogen-bond donors (Lipinski definition) is 1. The Balaban J connectivity index is 1.55. The molecule has 0 saturated carbocycles. The number of nitrogens with zero attached hydrogens (tertiary/aromatic N) is 2. The van der Waals surface area contributed by atoms with E-state index in [0.29, 0.717) is 11.4 Å². The molecular formula is C20H15N3O3. The third-order valence-electron chi connectivity index (χ3n) is 3.95. The number of benzene rings is 2. The van der Waals surface area contributed by atoms with Crippen molar-refractivity contribution in [2.24, 2.45) is 0 Å². The summed E-state index contributed by atoms with van der Waals surface area (Å²) in [5.41, 5.74) is 2.44. The van der Waals surface area contributed by atoms with Crippen LogP contribution in [0.4, 0.5) is 5.69 Å². The van der Waals surface area contributed by atoms with E-state index in [0.717, 1.165) is 22.2 Å². The lowest BCUT2D eigenvalue weighted by molar-refractivity contribution is 0.101. The number of methoxy groups -OCH3 is 1. The van der Waals surface area contributed by atoms with Crippen LogP contribution in [-0.2, 0) is 0 Å². The van der Waals surface area contributed by atoms with Crippen LogP contribution < -0.4 is 10.1 Å². The first-order valence-electron chi connectivity index (χ1n) is 8.00. The highest BCUT2D eigenvalue weighted by molar-refractivity contribution is 6.04. The first-order valence-corrected chi connectivity index (χ1v) is 8.00. The van der Waals surface area contributed by atoms with Crippen LogP contribution in [0.3, 0.4) is 0 Å². The molecule has 4 aromatic rings. The molecular weight excluding hydrogens is 330 g/mol. The lowest BCUT2D eigenvalue weighted by atomic mass is 10.1. The van der Waals surface area contributed by atoms with Gasteiger partial charge in [0.05, 0.1) is 24.5 Å². The zero-order valence-electron chi connectivity index (χ0n) is 14.0. The predicted octanol–water partition coefficient (Wildman–Crippen LogP) is 4.15. The third kappa shape index (κ3) is 3.12. The quantitative estimate of drug-likeness (QED) is 0.601. The summed E-state index contributed by atoms with van der Waals surface area (Å²) < 4.78 is 10.5. The van der Waals surface area contributed by atoms with E-state index >= 15 is 0 Å². The second kappa shape index (κ2) is 6.68. The van der Waals surface area contributed by atoms with E-state index in [-0.39, 0.29) is 11.6 Å². The Hall–Kier alpha value is -3.67. The van der Waals surface area contributed by atoms with Crippen LogP contribution in [0.1, 0.15) is 10.5 Å². The van der Waals surface area contributed by atoms with Gasteiger partial charge in [-0.1, -0.05) is 35.5 Å². The highest BCUT2D eigenvalue weighted by Gasteiger charge is 2.14. The van der Waals surface area contributed by atoms with Gasteiger partial charge in [-0.2, -0.15) is 0 Å². The number of rotatable bonds is 4. The predicted molar refractivity (Wildman–Crippen MR) is 98.2 cm³/mol. The largest absolute Gasteiger partial charge is 0.497 e. The molecule has 0 radical (unpaired) electrons. The zero-order chi connectivity index (χ0) is 17.9. The van der Waals surface area contributed by atoms with E-state index in [9.17, 15) is 4.79 Å². The summed E-state index contributed by atoms with van der Waals surface area (Å²) in [6, 6.07) is 18.5. The average Bonchev–Trinajstić information content (AvgIpc) is 3.18. The Labute approximate surface area is 149 Å². The molecule has 0 aliphatic carbocycles. The average molecular weight is 345 g/mol. The van der Waals surface area contributed by atoms with E-state index in [2.05, 4.69) is 15.5 Å². The Morgan fingerprint density at radius 2 is 1.92 bits per heavy atom. The van der Waals surface area contributed by atoms with Crippen molar-refractivity contribution >= 4 is 22.5 Å². The fraction of sp³-hybridized carbons (Fsp3) is 0.0500. The van der Waals surface area contributed by atoms with Gasteiger partial charge in [0.15, 0.2) is 11.5 Å². The first kappa shape index (κ1) is 15.8. The molecule has 2 heterocycles. The van der Waals surface area contributed by atoms with Crippen LogP contribution in [0.2, 0.25) is 0 Å². The van der Waals surface area contributed by atoms with E-state index in [1.807, 2.05) is 54.6 Å². The molecule has 0 atom stereocenters. The van der Waals surface area contributed by atoms with Gasteiger partial charge in [0.25, 0.3) is 5.91 Å². The van der Waals surface area contributed by atoms with Crippen LogP contribution in [0.15, 0.2) is 71.4 Å². The van der Waals surface area contributed by atoms with Crippen LogP contribution >= 0.6 is 0 Å². The fourth-order valence-corrected chi connectivity index (χ4v) is 2.61. The maximum atomic E-state index is 12.4. The Morgan fingerprint density at radius 3 is 2.73 bits per heavy atom. The van der Waals surface area contributed by atoms with Crippen LogP contribution in [0.5, 0.6) is 5.75 Å². The molecule has 26 heavy (non-hydrogen) atoms. The molecule has 0 unspecified atom stereocenters. The van der Waals surface area contributed by atoms with Crippen molar-refractivity contribution in [3.8, 4) is 17.1 Å². The maximum Gasteiger partial charge on any atom is 0.277 e. The standard InChI is InChI=1S/C20H15N3O3/c1-25-16-8-7-14-9-15(12-21-17(14)10-16)22-20(24)18-11-19(26-23-18)13-5-3-2-4-6-13/h2-12H,1H3,(H,22,24). The van der Waals surface area contributed by atoms with E-state index in [1.165, 1.54) is 0 Å². The van der Waals surface area contributed by atoms with Gasteiger partial charge in [-0.05, 0) is 18.2 Å². The number of aromatic nitrogens is 2. The highest BCUT2D eigenvalue weighted by Crippen LogP contribution is 2.23. The Morgan fingerprint density at radius 1 is 1.08 bits per heavy atom. The Bertz CT molecular complexity index is 1070. The van der Waals surface area contributed by atoms with Gasteiger partial charge >= 0.3 is 0 Å². The van der Waals surface area contributed by atoms with E-state index in [4.69, 9.17) is 9.26 Å². The van der Waals surface area contributed by atoms with Gasteiger partial charge in [-0.25, -0.2) is 0 Å². The van der Waals surface area contributed by atoms with Crippen LogP contribution in [0, 0.1) is 0 Å². The van der Waals surface area contributed by atoms with Crippen LogP contribution in [-0.4, -0.2) is 23.2 Å². The van der Waals surface area contributed by atoms with E-state index < -0.39 is 0 Å². The number of amides is 1. The van der Waals surface area contributed by atoms with Crippen molar-refractivity contribution in [1.29, 1.82) is 0 Å². The van der Waals surface area contributed by atoms with Crippen molar-refractivity contribution < 1.29 is 14.1 Å². The normalized spacial score (nSPS) is 10.7. The van der Waals surface area contributed by atoms with Crippen molar-refractivity contribution in [3.05, 3.63) is 72.6 Å². The molecule has 0 aliphatic rings. The smallest absolute Gasteiger partial charge is 0.277 e. The second-order valence-corrected chi connectivity index (χ2v) is 5.68. The molecule has 128 valence electrons. The minimum atomic E-state index is -0.356. The van der Waals surface area contributed by atoms with Gasteiger partial charge in [-0.15, -0.1) is 0 Å². The van der Waals surface area contributed by atoms with Crippen molar-refractivity contribution in [1.82, 2.24) is 10.1 Å². The molecule has 0 aliphatic heterocycles. The van der Waals surface area contributed by atoms with Crippen molar-refractivity contribution in [3.63, 3.8) is 0 Å². The van der Waals surface area contributed by atoms with Gasteiger partial charge in [-0.3, -0.25) is 9.78 Å². The number of anilines is 1. The first-order chi connectivity index (χ1) is 12.7. The number of hydrogen-bond acceptors (Lipinski definition) is 5. The number of ether oxygens (including phenoxy) is 1. The molecule has 4 rings (SSSR count). The van der Waals surface area contributed by atoms with Gasteiger partial charge in [0.1, 0.15) is 5.75 Å². The molecule has 1 N–H and O–H groups in total. The van der Waals surface area contributed by atoms with Gasteiger partial charge < -0.3 is 14.6 Å². The topological polar surface area (TPSA) is 77.2 Å². The fourth-order valence-electron chi connectivity index (χ4n) is 2.61. The summed E-state index contributed by atoms with van der Waals surface area (Å²) >= 11 is 0. The van der Waals surface area contributed by atoms with E-state index in [1.54, 1.807) is 19.4 Å². The summed E-state index contributed by atoms with van der Waals surface area (Å²) in [5.74, 6) is 0.919. The SMILES string of the molecule is COc1ccc2cc(NC(=O)c3cc(-c4ccccc4)on3)cnc2c1. The number of pyridine rings is 1. The molecule has 2 aromatic carbocycles. The molecule has 0 bridgehead atoms.